The van der Waals surface area contributed by atoms with E-state index in [2.05, 4.69) is 10.5 Å². The van der Waals surface area contributed by atoms with E-state index in [-0.39, 0.29) is 33.6 Å². The highest BCUT2D eigenvalue weighted by Gasteiger charge is 2.26. The van der Waals surface area contributed by atoms with Gasteiger partial charge in [-0.1, -0.05) is 35.0 Å². The number of carbonyl (C=O) groups is 1. The van der Waals surface area contributed by atoms with Gasteiger partial charge in [-0.25, -0.2) is 4.39 Å². The molecular formula is C22H23ClFN3O3. The zero-order valence-electron chi connectivity index (χ0n) is 17.2. The number of benzene rings is 2. The molecule has 1 heterocycles. The molecule has 0 fully saturated rings. The molecule has 0 radical (unpaired) electrons. The van der Waals surface area contributed by atoms with Crippen LogP contribution in [0.4, 0.5) is 4.39 Å². The third-order valence-corrected chi connectivity index (χ3v) is 5.18. The van der Waals surface area contributed by atoms with E-state index in [1.807, 2.05) is 43.3 Å². The van der Waals surface area contributed by atoms with Crippen molar-refractivity contribution in [3.63, 3.8) is 0 Å². The van der Waals surface area contributed by atoms with Gasteiger partial charge < -0.3 is 19.5 Å². The average Bonchev–Trinajstić information content (AvgIpc) is 3.09. The molecule has 8 heteroatoms. The number of likely N-dealkylation sites (N-methyl/N-ethyl adjacent to an activating group) is 1. The number of hydrogen-bond donors (Lipinski definition) is 1. The first kappa shape index (κ1) is 21.8. The zero-order chi connectivity index (χ0) is 21.8. The lowest BCUT2D eigenvalue weighted by atomic mass is 10.0. The monoisotopic (exact) mass is 431 g/mol. The molecule has 0 unspecified atom stereocenters. The van der Waals surface area contributed by atoms with Crippen LogP contribution in [0.5, 0.6) is 5.75 Å². The van der Waals surface area contributed by atoms with E-state index in [1.54, 1.807) is 14.0 Å². The maximum absolute atomic E-state index is 14.4. The molecule has 1 amide bonds. The molecule has 0 bridgehead atoms. The number of aromatic nitrogens is 1. The van der Waals surface area contributed by atoms with Crippen LogP contribution in [0.2, 0.25) is 5.02 Å². The summed E-state index contributed by atoms with van der Waals surface area (Å²) in [6.45, 7) is 1.93. The Morgan fingerprint density at radius 2 is 1.97 bits per heavy atom. The number of rotatable bonds is 7. The van der Waals surface area contributed by atoms with Crippen LogP contribution in [0.3, 0.4) is 0 Å². The summed E-state index contributed by atoms with van der Waals surface area (Å²) in [6.07, 6.45) is 0. The van der Waals surface area contributed by atoms with Crippen LogP contribution in [0.15, 0.2) is 47.0 Å². The second kappa shape index (κ2) is 9.28. The maximum atomic E-state index is 14.4. The summed E-state index contributed by atoms with van der Waals surface area (Å²) >= 11 is 6.15. The highest BCUT2D eigenvalue weighted by atomic mass is 35.5. The second-order valence-corrected chi connectivity index (χ2v) is 7.43. The fourth-order valence-corrected chi connectivity index (χ4v) is 3.49. The molecule has 158 valence electrons. The molecule has 0 aliphatic heterocycles. The normalized spacial score (nSPS) is 12.1. The molecule has 2 aromatic carbocycles. The zero-order valence-corrected chi connectivity index (χ0v) is 18.0. The van der Waals surface area contributed by atoms with Gasteiger partial charge in [0, 0.05) is 6.54 Å². The molecule has 0 aliphatic rings. The van der Waals surface area contributed by atoms with Crippen molar-refractivity contribution in [1.82, 2.24) is 15.4 Å². The van der Waals surface area contributed by atoms with Gasteiger partial charge in [0.25, 0.3) is 5.91 Å². The van der Waals surface area contributed by atoms with Crippen LogP contribution >= 0.6 is 11.6 Å². The van der Waals surface area contributed by atoms with Gasteiger partial charge in [0.1, 0.15) is 28.6 Å². The number of nitrogens with one attached hydrogen (secondary N) is 1. The number of ether oxygens (including phenoxy) is 1. The molecule has 0 spiro atoms. The van der Waals surface area contributed by atoms with E-state index in [0.717, 1.165) is 11.3 Å². The van der Waals surface area contributed by atoms with Gasteiger partial charge >= 0.3 is 0 Å². The van der Waals surface area contributed by atoms with Gasteiger partial charge in [0.15, 0.2) is 0 Å². The first-order chi connectivity index (χ1) is 14.3. The molecule has 0 saturated carbocycles. The van der Waals surface area contributed by atoms with E-state index in [9.17, 15) is 9.18 Å². The van der Waals surface area contributed by atoms with Gasteiger partial charge in [0.05, 0.1) is 23.7 Å². The third-order valence-electron chi connectivity index (χ3n) is 4.87. The van der Waals surface area contributed by atoms with Gasteiger partial charge in [-0.3, -0.25) is 4.79 Å². The standard InChI is InChI=1S/C22H23ClFN3O3/c1-13-19(21(26-30-13)20-16(23)6-5-7-17(20)24)22(28)25-12-18(27(2)3)14-8-10-15(29-4)11-9-14/h5-11,18H,12H2,1-4H3,(H,25,28)/t18-/m0/s1. The van der Waals surface area contributed by atoms with Crippen molar-refractivity contribution >= 4 is 17.5 Å². The van der Waals surface area contributed by atoms with Crippen LogP contribution < -0.4 is 10.1 Å². The molecule has 6 nitrogen and oxygen atoms in total. The summed E-state index contributed by atoms with van der Waals surface area (Å²) in [7, 11) is 5.46. The van der Waals surface area contributed by atoms with E-state index in [1.165, 1.54) is 18.2 Å². The van der Waals surface area contributed by atoms with Crippen molar-refractivity contribution in [3.8, 4) is 17.0 Å². The summed E-state index contributed by atoms with van der Waals surface area (Å²) in [5.41, 5.74) is 1.30. The molecule has 1 aromatic heterocycles. The first-order valence-corrected chi connectivity index (χ1v) is 9.70. The molecule has 0 aliphatic carbocycles. The number of halogens is 2. The SMILES string of the molecule is COc1ccc([C@H](CNC(=O)c2c(-c3c(F)cccc3Cl)noc2C)N(C)C)cc1. The van der Waals surface area contributed by atoms with Crippen molar-refractivity contribution in [1.29, 1.82) is 0 Å². The summed E-state index contributed by atoms with van der Waals surface area (Å²) in [5.74, 6) is 0.0529. The molecule has 3 aromatic rings. The summed E-state index contributed by atoms with van der Waals surface area (Å²) in [6, 6.07) is 11.9. The Hall–Kier alpha value is -2.90. The molecule has 3 rings (SSSR count). The number of methoxy groups -OCH3 is 1. The van der Waals surface area contributed by atoms with Gasteiger partial charge in [-0.15, -0.1) is 0 Å². The Kier molecular flexibility index (Phi) is 6.74. The highest BCUT2D eigenvalue weighted by molar-refractivity contribution is 6.33. The summed E-state index contributed by atoms with van der Waals surface area (Å²) in [4.78, 5) is 15.0. The van der Waals surface area contributed by atoms with Gasteiger partial charge in [0.2, 0.25) is 0 Å². The van der Waals surface area contributed by atoms with Crippen LogP contribution in [0, 0.1) is 12.7 Å². The molecule has 30 heavy (non-hydrogen) atoms. The third kappa shape index (κ3) is 4.47. The Morgan fingerprint density at radius 3 is 2.57 bits per heavy atom. The van der Waals surface area contributed by atoms with Gasteiger partial charge in [-0.05, 0) is 50.8 Å². The highest BCUT2D eigenvalue weighted by Crippen LogP contribution is 2.33. The Bertz CT molecular complexity index is 1010. The second-order valence-electron chi connectivity index (χ2n) is 7.02. The van der Waals surface area contributed by atoms with Crippen molar-refractivity contribution in [2.45, 2.75) is 13.0 Å². The predicted octanol–water partition coefficient (Wildman–Crippen LogP) is 4.48. The minimum absolute atomic E-state index is 0.0421. The van der Waals surface area contributed by atoms with Crippen LogP contribution in [-0.2, 0) is 0 Å². The topological polar surface area (TPSA) is 67.6 Å². The number of hydrogen-bond acceptors (Lipinski definition) is 5. The van der Waals surface area contributed by atoms with Crippen LogP contribution in [0.1, 0.15) is 27.7 Å². The van der Waals surface area contributed by atoms with E-state index >= 15 is 0 Å². The molecule has 1 atom stereocenters. The van der Waals surface area contributed by atoms with Crippen molar-refractivity contribution in [3.05, 3.63) is 70.2 Å². The van der Waals surface area contributed by atoms with Crippen LogP contribution in [0.25, 0.3) is 11.3 Å². The smallest absolute Gasteiger partial charge is 0.257 e. The Labute approximate surface area is 179 Å². The minimum atomic E-state index is -0.575. The molecule has 1 N–H and O–H groups in total. The lowest BCUT2D eigenvalue weighted by Crippen LogP contribution is -2.34. The lowest BCUT2D eigenvalue weighted by molar-refractivity contribution is 0.0941. The van der Waals surface area contributed by atoms with Crippen molar-refractivity contribution in [2.24, 2.45) is 0 Å². The lowest BCUT2D eigenvalue weighted by Gasteiger charge is -2.25. The fraction of sp³-hybridized carbons (Fsp3) is 0.273. The fourth-order valence-electron chi connectivity index (χ4n) is 3.24. The number of aryl methyl sites for hydroxylation is 1. The molecular weight excluding hydrogens is 409 g/mol. The van der Waals surface area contributed by atoms with Crippen molar-refractivity contribution < 1.29 is 18.4 Å². The van der Waals surface area contributed by atoms with Crippen molar-refractivity contribution in [2.75, 3.05) is 27.7 Å². The quantitative estimate of drug-likeness (QED) is 0.597. The van der Waals surface area contributed by atoms with E-state index in [0.29, 0.717) is 6.54 Å². The largest absolute Gasteiger partial charge is 0.497 e. The van der Waals surface area contributed by atoms with Crippen LogP contribution in [-0.4, -0.2) is 43.7 Å². The Morgan fingerprint density at radius 1 is 1.27 bits per heavy atom. The molecule has 0 saturated heterocycles. The minimum Gasteiger partial charge on any atom is -0.497 e. The van der Waals surface area contributed by atoms with E-state index in [4.69, 9.17) is 20.9 Å². The number of carbonyl (C=O) groups excluding carboxylic acids is 1. The summed E-state index contributed by atoms with van der Waals surface area (Å²) in [5, 5.41) is 6.94. The van der Waals surface area contributed by atoms with E-state index < -0.39 is 11.7 Å². The maximum Gasteiger partial charge on any atom is 0.257 e. The number of amides is 1. The Balaban J connectivity index is 1.84. The summed E-state index contributed by atoms with van der Waals surface area (Å²) < 4.78 is 24.8. The first-order valence-electron chi connectivity index (χ1n) is 9.32. The average molecular weight is 432 g/mol. The number of nitrogens with zero attached hydrogens (tertiary/aromatic N) is 2. The van der Waals surface area contributed by atoms with Gasteiger partial charge in [-0.2, -0.15) is 0 Å². The predicted molar refractivity (Wildman–Crippen MR) is 113 cm³/mol.